The number of esters is 1. The Kier molecular flexibility index (Phi) is 6.67. The predicted octanol–water partition coefficient (Wildman–Crippen LogP) is 4.00. The quantitative estimate of drug-likeness (QED) is 0.707. The fourth-order valence-corrected chi connectivity index (χ4v) is 3.75. The molecule has 1 unspecified atom stereocenters. The van der Waals surface area contributed by atoms with E-state index in [1.165, 1.54) is 12.0 Å². The first-order valence-electron chi connectivity index (χ1n) is 9.01. The molecule has 0 aromatic heterocycles. The monoisotopic (exact) mass is 333 g/mol. The van der Waals surface area contributed by atoms with Crippen LogP contribution >= 0.6 is 0 Å². The van der Waals surface area contributed by atoms with E-state index in [1.807, 2.05) is 19.1 Å². The van der Waals surface area contributed by atoms with E-state index in [4.69, 9.17) is 9.47 Å². The van der Waals surface area contributed by atoms with E-state index in [0.717, 1.165) is 38.0 Å². The van der Waals surface area contributed by atoms with Gasteiger partial charge in [0.2, 0.25) is 0 Å². The molecule has 4 heteroatoms. The number of rotatable bonds is 7. The molecule has 24 heavy (non-hydrogen) atoms. The first-order chi connectivity index (χ1) is 11.5. The largest absolute Gasteiger partial charge is 0.497 e. The smallest absolute Gasteiger partial charge is 0.306 e. The van der Waals surface area contributed by atoms with E-state index in [-0.39, 0.29) is 17.5 Å². The Bertz CT molecular complexity index is 518. The highest BCUT2D eigenvalue weighted by Crippen LogP contribution is 2.43. The molecule has 2 rings (SSSR count). The van der Waals surface area contributed by atoms with Crippen molar-refractivity contribution in [1.29, 1.82) is 0 Å². The highest BCUT2D eigenvalue weighted by Gasteiger charge is 2.44. The highest BCUT2D eigenvalue weighted by molar-refractivity contribution is 5.69. The van der Waals surface area contributed by atoms with Crippen LogP contribution in [0.15, 0.2) is 24.3 Å². The van der Waals surface area contributed by atoms with Crippen molar-refractivity contribution in [2.45, 2.75) is 57.0 Å². The van der Waals surface area contributed by atoms with E-state index in [2.05, 4.69) is 31.1 Å². The molecular formula is C20H31NO3. The molecule has 4 nitrogen and oxygen atoms in total. The van der Waals surface area contributed by atoms with Gasteiger partial charge in [-0.1, -0.05) is 25.5 Å². The van der Waals surface area contributed by atoms with Crippen molar-refractivity contribution in [2.24, 2.45) is 0 Å². The molecule has 0 aliphatic heterocycles. The Balaban J connectivity index is 2.37. The van der Waals surface area contributed by atoms with Crippen LogP contribution in [-0.4, -0.2) is 44.2 Å². The second-order valence-electron chi connectivity index (χ2n) is 7.04. The van der Waals surface area contributed by atoms with Gasteiger partial charge in [-0.05, 0) is 57.5 Å². The molecule has 0 saturated heterocycles. The highest BCUT2D eigenvalue weighted by atomic mass is 16.6. The van der Waals surface area contributed by atoms with Crippen LogP contribution in [0, 0.1) is 0 Å². The Labute approximate surface area is 146 Å². The lowest BCUT2D eigenvalue weighted by Gasteiger charge is -2.44. The van der Waals surface area contributed by atoms with Gasteiger partial charge in [-0.2, -0.15) is 0 Å². The minimum Gasteiger partial charge on any atom is -0.497 e. The molecule has 1 fully saturated rings. The Morgan fingerprint density at radius 2 is 1.79 bits per heavy atom. The molecule has 1 saturated carbocycles. The van der Waals surface area contributed by atoms with Crippen LogP contribution in [0.2, 0.25) is 0 Å². The lowest BCUT2D eigenvalue weighted by molar-refractivity contribution is -0.167. The Morgan fingerprint density at radius 1 is 1.17 bits per heavy atom. The average Bonchev–Trinajstić information content (AvgIpc) is 2.60. The number of ether oxygens (including phenoxy) is 2. The van der Waals surface area contributed by atoms with Gasteiger partial charge in [-0.25, -0.2) is 0 Å². The zero-order valence-corrected chi connectivity index (χ0v) is 15.5. The van der Waals surface area contributed by atoms with Gasteiger partial charge >= 0.3 is 5.97 Å². The molecule has 0 spiro atoms. The SMILES string of the molecule is CCC(=O)OC1(C(CN(C)C)c2ccc(OC)cc2)CCCCC1. The van der Waals surface area contributed by atoms with Crippen LogP contribution in [-0.2, 0) is 9.53 Å². The van der Waals surface area contributed by atoms with E-state index >= 15 is 0 Å². The van der Waals surface area contributed by atoms with Crippen molar-refractivity contribution in [1.82, 2.24) is 4.90 Å². The Hall–Kier alpha value is -1.55. The summed E-state index contributed by atoms with van der Waals surface area (Å²) in [5.74, 6) is 0.939. The second kappa shape index (κ2) is 8.52. The summed E-state index contributed by atoms with van der Waals surface area (Å²) in [6.45, 7) is 2.73. The van der Waals surface area contributed by atoms with Crippen molar-refractivity contribution < 1.29 is 14.3 Å². The molecule has 1 aliphatic rings. The normalized spacial score (nSPS) is 18.2. The van der Waals surface area contributed by atoms with Gasteiger partial charge in [0.15, 0.2) is 0 Å². The van der Waals surface area contributed by atoms with Gasteiger partial charge in [-0.3, -0.25) is 4.79 Å². The van der Waals surface area contributed by atoms with Gasteiger partial charge in [0.05, 0.1) is 7.11 Å². The minimum atomic E-state index is -0.385. The molecule has 1 aliphatic carbocycles. The average molecular weight is 333 g/mol. The predicted molar refractivity (Wildman–Crippen MR) is 96.5 cm³/mol. The third-order valence-electron chi connectivity index (χ3n) is 5.01. The first-order valence-corrected chi connectivity index (χ1v) is 9.01. The van der Waals surface area contributed by atoms with Crippen LogP contribution in [0.4, 0.5) is 0 Å². The third-order valence-corrected chi connectivity index (χ3v) is 5.01. The minimum absolute atomic E-state index is 0.0887. The van der Waals surface area contributed by atoms with E-state index in [9.17, 15) is 4.79 Å². The zero-order chi connectivity index (χ0) is 17.6. The van der Waals surface area contributed by atoms with Crippen molar-refractivity contribution >= 4 is 5.97 Å². The van der Waals surface area contributed by atoms with Crippen LogP contribution in [0.1, 0.15) is 56.9 Å². The molecule has 0 heterocycles. The molecule has 1 aromatic rings. The zero-order valence-electron chi connectivity index (χ0n) is 15.5. The lowest BCUT2D eigenvalue weighted by Crippen LogP contribution is -2.46. The molecule has 1 aromatic carbocycles. The summed E-state index contributed by atoms with van der Waals surface area (Å²) >= 11 is 0. The maximum Gasteiger partial charge on any atom is 0.306 e. The number of nitrogens with zero attached hydrogens (tertiary/aromatic N) is 1. The molecule has 0 bridgehead atoms. The third kappa shape index (κ3) is 4.50. The van der Waals surface area contributed by atoms with Gasteiger partial charge in [0.25, 0.3) is 0 Å². The number of hydrogen-bond donors (Lipinski definition) is 0. The van der Waals surface area contributed by atoms with Gasteiger partial charge in [-0.15, -0.1) is 0 Å². The molecule has 0 amide bonds. The topological polar surface area (TPSA) is 38.8 Å². The number of benzene rings is 1. The molecular weight excluding hydrogens is 302 g/mol. The van der Waals surface area contributed by atoms with Crippen LogP contribution < -0.4 is 4.74 Å². The molecule has 0 radical (unpaired) electrons. The number of hydrogen-bond acceptors (Lipinski definition) is 4. The van der Waals surface area contributed by atoms with Gasteiger partial charge in [0, 0.05) is 18.9 Å². The number of carbonyl (C=O) groups excluding carboxylic acids is 1. The summed E-state index contributed by atoms with van der Waals surface area (Å²) in [5, 5.41) is 0. The van der Waals surface area contributed by atoms with Crippen molar-refractivity contribution in [2.75, 3.05) is 27.7 Å². The Morgan fingerprint density at radius 3 is 2.29 bits per heavy atom. The summed E-state index contributed by atoms with van der Waals surface area (Å²) in [6.07, 6.45) is 5.79. The summed E-state index contributed by atoms with van der Waals surface area (Å²) in [6, 6.07) is 8.22. The van der Waals surface area contributed by atoms with Crippen molar-refractivity contribution in [3.8, 4) is 5.75 Å². The molecule has 0 N–H and O–H groups in total. The number of carbonyl (C=O) groups is 1. The van der Waals surface area contributed by atoms with Crippen molar-refractivity contribution in [3.05, 3.63) is 29.8 Å². The lowest BCUT2D eigenvalue weighted by atomic mass is 9.72. The van der Waals surface area contributed by atoms with E-state index < -0.39 is 0 Å². The van der Waals surface area contributed by atoms with E-state index in [0.29, 0.717) is 6.42 Å². The molecule has 134 valence electrons. The molecule has 1 atom stereocenters. The summed E-state index contributed by atoms with van der Waals surface area (Å²) in [4.78, 5) is 14.3. The number of methoxy groups -OCH3 is 1. The fraction of sp³-hybridized carbons (Fsp3) is 0.650. The van der Waals surface area contributed by atoms with E-state index in [1.54, 1.807) is 7.11 Å². The van der Waals surface area contributed by atoms with Gasteiger partial charge < -0.3 is 14.4 Å². The van der Waals surface area contributed by atoms with Crippen LogP contribution in [0.3, 0.4) is 0 Å². The second-order valence-corrected chi connectivity index (χ2v) is 7.04. The van der Waals surface area contributed by atoms with Crippen molar-refractivity contribution in [3.63, 3.8) is 0 Å². The first kappa shape index (κ1) is 18.8. The standard InChI is InChI=1S/C20H31NO3/c1-5-19(22)24-20(13-7-6-8-14-20)18(15-21(2)3)16-9-11-17(23-4)12-10-16/h9-12,18H,5-8,13-15H2,1-4H3. The van der Waals surface area contributed by atoms with Crippen LogP contribution in [0.25, 0.3) is 0 Å². The van der Waals surface area contributed by atoms with Crippen LogP contribution in [0.5, 0.6) is 5.75 Å². The summed E-state index contributed by atoms with van der Waals surface area (Å²) < 4.78 is 11.4. The van der Waals surface area contributed by atoms with Gasteiger partial charge in [0.1, 0.15) is 11.4 Å². The maximum absolute atomic E-state index is 12.2. The summed E-state index contributed by atoms with van der Waals surface area (Å²) in [7, 11) is 5.83. The number of likely N-dealkylation sites (N-methyl/N-ethyl adjacent to an activating group) is 1. The maximum atomic E-state index is 12.2. The fourth-order valence-electron chi connectivity index (χ4n) is 3.75. The summed E-state index contributed by atoms with van der Waals surface area (Å²) in [5.41, 5.74) is 0.833.